The van der Waals surface area contributed by atoms with E-state index < -0.39 is 0 Å². The van der Waals surface area contributed by atoms with Gasteiger partial charge in [-0.2, -0.15) is 0 Å². The summed E-state index contributed by atoms with van der Waals surface area (Å²) in [4.78, 5) is 25.2. The molecule has 0 atom stereocenters. The minimum Gasteiger partial charge on any atom is -0.454 e. The molecule has 1 aliphatic rings. The second-order valence-corrected chi connectivity index (χ2v) is 5.26. The number of benzene rings is 1. The molecule has 0 saturated heterocycles. The summed E-state index contributed by atoms with van der Waals surface area (Å²) >= 11 is 0. The molecule has 0 aliphatic carbocycles. The number of hydrogen-bond donors (Lipinski definition) is 1. The van der Waals surface area contributed by atoms with Crippen molar-refractivity contribution in [1.82, 2.24) is 4.90 Å². The molecule has 120 valence electrons. The zero-order valence-corrected chi connectivity index (χ0v) is 13.1. The molecule has 0 fully saturated rings. The zero-order chi connectivity index (χ0) is 15.9. The van der Waals surface area contributed by atoms with Crippen LogP contribution in [0.2, 0.25) is 0 Å². The Morgan fingerprint density at radius 2 is 2.00 bits per heavy atom. The standard InChI is InChI=1S/C16H22N2O4/c1-3-4-5-8-18(12(2)19)10-16(20)17-13-6-7-14-15(9-13)22-11-21-14/h6-7,9H,3-5,8,10-11H2,1-2H3,(H,17,20). The van der Waals surface area contributed by atoms with Crippen LogP contribution in [-0.4, -0.2) is 36.6 Å². The fourth-order valence-corrected chi connectivity index (χ4v) is 2.25. The van der Waals surface area contributed by atoms with E-state index in [2.05, 4.69) is 12.2 Å². The number of nitrogens with one attached hydrogen (secondary N) is 1. The molecule has 22 heavy (non-hydrogen) atoms. The first-order valence-corrected chi connectivity index (χ1v) is 7.55. The average molecular weight is 306 g/mol. The quantitative estimate of drug-likeness (QED) is 0.785. The number of rotatable bonds is 7. The van der Waals surface area contributed by atoms with E-state index in [0.717, 1.165) is 19.3 Å². The van der Waals surface area contributed by atoms with Crippen LogP contribution >= 0.6 is 0 Å². The van der Waals surface area contributed by atoms with Crippen LogP contribution in [0.25, 0.3) is 0 Å². The fraction of sp³-hybridized carbons (Fsp3) is 0.500. The second-order valence-electron chi connectivity index (χ2n) is 5.26. The van der Waals surface area contributed by atoms with E-state index in [-0.39, 0.29) is 25.2 Å². The van der Waals surface area contributed by atoms with Crippen LogP contribution < -0.4 is 14.8 Å². The van der Waals surface area contributed by atoms with Crippen molar-refractivity contribution in [3.05, 3.63) is 18.2 Å². The van der Waals surface area contributed by atoms with Crippen LogP contribution in [0.3, 0.4) is 0 Å². The van der Waals surface area contributed by atoms with Crippen LogP contribution in [0, 0.1) is 0 Å². The van der Waals surface area contributed by atoms with Crippen molar-refractivity contribution in [3.63, 3.8) is 0 Å². The van der Waals surface area contributed by atoms with Gasteiger partial charge in [-0.3, -0.25) is 9.59 Å². The van der Waals surface area contributed by atoms with Crippen LogP contribution in [0.1, 0.15) is 33.1 Å². The first-order valence-electron chi connectivity index (χ1n) is 7.55. The summed E-state index contributed by atoms with van der Waals surface area (Å²) < 4.78 is 10.5. The number of carbonyl (C=O) groups excluding carboxylic acids is 2. The second kappa shape index (κ2) is 7.68. The van der Waals surface area contributed by atoms with Gasteiger partial charge in [-0.05, 0) is 18.6 Å². The molecule has 1 aromatic carbocycles. The van der Waals surface area contributed by atoms with Gasteiger partial charge >= 0.3 is 0 Å². The zero-order valence-electron chi connectivity index (χ0n) is 13.1. The largest absolute Gasteiger partial charge is 0.454 e. The van der Waals surface area contributed by atoms with Gasteiger partial charge in [-0.1, -0.05) is 19.8 Å². The molecule has 0 radical (unpaired) electrons. The molecule has 1 N–H and O–H groups in total. The average Bonchev–Trinajstić information content (AvgIpc) is 2.93. The minimum atomic E-state index is -0.217. The molecular weight excluding hydrogens is 284 g/mol. The van der Waals surface area contributed by atoms with Gasteiger partial charge in [-0.25, -0.2) is 0 Å². The van der Waals surface area contributed by atoms with E-state index in [9.17, 15) is 9.59 Å². The molecule has 6 heteroatoms. The van der Waals surface area contributed by atoms with Gasteiger partial charge in [0.15, 0.2) is 11.5 Å². The Balaban J connectivity index is 1.89. The third kappa shape index (κ3) is 4.38. The number of unbranched alkanes of at least 4 members (excludes halogenated alkanes) is 2. The lowest BCUT2D eigenvalue weighted by molar-refractivity contribution is -0.132. The molecule has 1 aliphatic heterocycles. The normalized spacial score (nSPS) is 12.1. The third-order valence-corrected chi connectivity index (χ3v) is 3.47. The van der Waals surface area contributed by atoms with Crippen molar-refractivity contribution in [2.24, 2.45) is 0 Å². The lowest BCUT2D eigenvalue weighted by Crippen LogP contribution is -2.37. The van der Waals surface area contributed by atoms with Gasteiger partial charge in [0, 0.05) is 25.2 Å². The van der Waals surface area contributed by atoms with Crippen LogP contribution in [-0.2, 0) is 9.59 Å². The van der Waals surface area contributed by atoms with Gasteiger partial charge in [0.2, 0.25) is 18.6 Å². The number of ether oxygens (including phenoxy) is 2. The first kappa shape index (κ1) is 16.1. The van der Waals surface area contributed by atoms with Crippen LogP contribution in [0.5, 0.6) is 11.5 Å². The van der Waals surface area contributed by atoms with Crippen molar-refractivity contribution in [2.75, 3.05) is 25.2 Å². The highest BCUT2D eigenvalue weighted by atomic mass is 16.7. The third-order valence-electron chi connectivity index (χ3n) is 3.47. The highest BCUT2D eigenvalue weighted by Gasteiger charge is 2.16. The van der Waals surface area contributed by atoms with E-state index in [1.807, 2.05) is 0 Å². The van der Waals surface area contributed by atoms with Crippen molar-refractivity contribution in [1.29, 1.82) is 0 Å². The monoisotopic (exact) mass is 306 g/mol. The molecule has 0 saturated carbocycles. The Morgan fingerprint density at radius 1 is 1.23 bits per heavy atom. The molecule has 2 amide bonds. The van der Waals surface area contributed by atoms with E-state index in [4.69, 9.17) is 9.47 Å². The van der Waals surface area contributed by atoms with Gasteiger partial charge in [0.05, 0.1) is 6.54 Å². The van der Waals surface area contributed by atoms with E-state index in [1.54, 1.807) is 23.1 Å². The molecular formula is C16H22N2O4. The van der Waals surface area contributed by atoms with Gasteiger partial charge in [-0.15, -0.1) is 0 Å². The van der Waals surface area contributed by atoms with E-state index in [1.165, 1.54) is 6.92 Å². The Kier molecular flexibility index (Phi) is 5.63. The fourth-order valence-electron chi connectivity index (χ4n) is 2.25. The Bertz CT molecular complexity index is 545. The lowest BCUT2D eigenvalue weighted by Gasteiger charge is -2.20. The Morgan fingerprint density at radius 3 is 2.73 bits per heavy atom. The highest BCUT2D eigenvalue weighted by molar-refractivity contribution is 5.94. The molecule has 0 unspecified atom stereocenters. The van der Waals surface area contributed by atoms with Crippen molar-refractivity contribution < 1.29 is 19.1 Å². The summed E-state index contributed by atoms with van der Waals surface area (Å²) in [5.41, 5.74) is 0.631. The summed E-state index contributed by atoms with van der Waals surface area (Å²) in [7, 11) is 0. The summed E-state index contributed by atoms with van der Waals surface area (Å²) in [5, 5.41) is 2.78. The molecule has 2 rings (SSSR count). The maximum atomic E-state index is 12.1. The number of amides is 2. The first-order chi connectivity index (χ1) is 10.6. The topological polar surface area (TPSA) is 67.9 Å². The predicted octanol–water partition coefficient (Wildman–Crippen LogP) is 2.39. The maximum Gasteiger partial charge on any atom is 0.243 e. The Labute approximate surface area is 130 Å². The summed E-state index contributed by atoms with van der Waals surface area (Å²) in [5.74, 6) is 0.981. The van der Waals surface area contributed by atoms with E-state index in [0.29, 0.717) is 23.7 Å². The van der Waals surface area contributed by atoms with Gasteiger partial charge in [0.1, 0.15) is 0 Å². The number of anilines is 1. The van der Waals surface area contributed by atoms with Crippen LogP contribution in [0.15, 0.2) is 18.2 Å². The van der Waals surface area contributed by atoms with Crippen molar-refractivity contribution in [2.45, 2.75) is 33.1 Å². The molecule has 6 nitrogen and oxygen atoms in total. The maximum absolute atomic E-state index is 12.1. The number of carbonyl (C=O) groups is 2. The Hall–Kier alpha value is -2.24. The van der Waals surface area contributed by atoms with Gasteiger partial charge in [0.25, 0.3) is 0 Å². The highest BCUT2D eigenvalue weighted by Crippen LogP contribution is 2.34. The van der Waals surface area contributed by atoms with Crippen LogP contribution in [0.4, 0.5) is 5.69 Å². The van der Waals surface area contributed by atoms with Gasteiger partial charge < -0.3 is 19.7 Å². The van der Waals surface area contributed by atoms with E-state index >= 15 is 0 Å². The molecule has 0 bridgehead atoms. The minimum absolute atomic E-state index is 0.0630. The lowest BCUT2D eigenvalue weighted by atomic mass is 10.2. The smallest absolute Gasteiger partial charge is 0.243 e. The summed E-state index contributed by atoms with van der Waals surface area (Å²) in [6.07, 6.45) is 3.04. The number of nitrogens with zero attached hydrogens (tertiary/aromatic N) is 1. The predicted molar refractivity (Wildman–Crippen MR) is 83.0 cm³/mol. The van der Waals surface area contributed by atoms with Crippen molar-refractivity contribution in [3.8, 4) is 11.5 Å². The SMILES string of the molecule is CCCCCN(CC(=O)Nc1ccc2c(c1)OCO2)C(C)=O. The molecule has 0 spiro atoms. The molecule has 0 aromatic heterocycles. The molecule has 1 aromatic rings. The molecule has 1 heterocycles. The number of hydrogen-bond acceptors (Lipinski definition) is 4. The number of fused-ring (bicyclic) bond motifs is 1. The summed E-state index contributed by atoms with van der Waals surface area (Å²) in [6.45, 7) is 4.46. The van der Waals surface area contributed by atoms with Crippen molar-refractivity contribution >= 4 is 17.5 Å². The summed E-state index contributed by atoms with van der Waals surface area (Å²) in [6, 6.07) is 5.22.